The maximum Gasteiger partial charge on any atom is 0.146 e. The van der Waals surface area contributed by atoms with Crippen molar-refractivity contribution in [3.63, 3.8) is 0 Å². The van der Waals surface area contributed by atoms with E-state index in [1.54, 1.807) is 18.3 Å². The Kier molecular flexibility index (Phi) is 3.89. The minimum atomic E-state index is -0.246. The number of rotatable bonds is 4. The molecule has 0 atom stereocenters. The van der Waals surface area contributed by atoms with Crippen LogP contribution in [-0.2, 0) is 6.54 Å². The molecule has 0 unspecified atom stereocenters. The number of anilines is 2. The van der Waals surface area contributed by atoms with Crippen molar-refractivity contribution in [2.75, 3.05) is 11.4 Å². The molecular formula is C14H16FN3. The van der Waals surface area contributed by atoms with Crippen molar-refractivity contribution in [2.45, 2.75) is 13.5 Å². The van der Waals surface area contributed by atoms with Crippen molar-refractivity contribution in [3.05, 3.63) is 54.0 Å². The SMILES string of the molecule is CCN(c1ccc(CN)cn1)c1ccccc1F. The van der Waals surface area contributed by atoms with Crippen molar-refractivity contribution in [2.24, 2.45) is 5.73 Å². The lowest BCUT2D eigenvalue weighted by molar-refractivity contribution is 0.625. The van der Waals surface area contributed by atoms with E-state index in [0.29, 0.717) is 18.8 Å². The van der Waals surface area contributed by atoms with E-state index in [2.05, 4.69) is 4.98 Å². The summed E-state index contributed by atoms with van der Waals surface area (Å²) in [6, 6.07) is 10.5. The van der Waals surface area contributed by atoms with E-state index in [1.165, 1.54) is 6.07 Å². The second-order valence-electron chi connectivity index (χ2n) is 3.92. The van der Waals surface area contributed by atoms with Gasteiger partial charge in [0, 0.05) is 19.3 Å². The van der Waals surface area contributed by atoms with Crippen LogP contribution in [0.2, 0.25) is 0 Å². The van der Waals surface area contributed by atoms with E-state index in [0.717, 1.165) is 11.4 Å². The number of nitrogens with zero attached hydrogens (tertiary/aromatic N) is 2. The molecule has 4 heteroatoms. The number of nitrogens with two attached hydrogens (primary N) is 1. The molecule has 94 valence electrons. The Morgan fingerprint density at radius 3 is 2.56 bits per heavy atom. The molecule has 0 amide bonds. The number of halogens is 1. The van der Waals surface area contributed by atoms with Crippen LogP contribution in [-0.4, -0.2) is 11.5 Å². The second kappa shape index (κ2) is 5.60. The summed E-state index contributed by atoms with van der Waals surface area (Å²) in [7, 11) is 0. The first-order valence-electron chi connectivity index (χ1n) is 5.93. The lowest BCUT2D eigenvalue weighted by Crippen LogP contribution is -2.18. The number of hydrogen-bond donors (Lipinski definition) is 1. The fourth-order valence-electron chi connectivity index (χ4n) is 1.82. The van der Waals surface area contributed by atoms with E-state index in [1.807, 2.05) is 30.0 Å². The van der Waals surface area contributed by atoms with Crippen molar-refractivity contribution < 1.29 is 4.39 Å². The van der Waals surface area contributed by atoms with E-state index < -0.39 is 0 Å². The normalized spacial score (nSPS) is 10.4. The Morgan fingerprint density at radius 2 is 2.00 bits per heavy atom. The predicted octanol–water partition coefficient (Wildman–Crippen LogP) is 2.84. The van der Waals surface area contributed by atoms with Crippen LogP contribution in [0.1, 0.15) is 12.5 Å². The van der Waals surface area contributed by atoms with Gasteiger partial charge in [-0.1, -0.05) is 18.2 Å². The van der Waals surface area contributed by atoms with Gasteiger partial charge in [0.15, 0.2) is 0 Å². The van der Waals surface area contributed by atoms with Crippen LogP contribution < -0.4 is 10.6 Å². The quantitative estimate of drug-likeness (QED) is 0.900. The molecule has 0 aliphatic carbocycles. The summed E-state index contributed by atoms with van der Waals surface area (Å²) < 4.78 is 13.8. The topological polar surface area (TPSA) is 42.1 Å². The predicted molar refractivity (Wildman–Crippen MR) is 71.2 cm³/mol. The molecule has 0 saturated heterocycles. The molecule has 0 saturated carbocycles. The lowest BCUT2D eigenvalue weighted by Gasteiger charge is -2.22. The van der Waals surface area contributed by atoms with Crippen LogP contribution in [0.5, 0.6) is 0 Å². The summed E-state index contributed by atoms with van der Waals surface area (Å²) in [6.45, 7) is 3.07. The third kappa shape index (κ3) is 2.49. The fourth-order valence-corrected chi connectivity index (χ4v) is 1.82. The van der Waals surface area contributed by atoms with Crippen LogP contribution >= 0.6 is 0 Å². The van der Waals surface area contributed by atoms with Crippen molar-refractivity contribution in [1.29, 1.82) is 0 Å². The summed E-state index contributed by atoms with van der Waals surface area (Å²) in [6.07, 6.45) is 1.72. The maximum atomic E-state index is 13.8. The Balaban J connectivity index is 2.36. The monoisotopic (exact) mass is 245 g/mol. The van der Waals surface area contributed by atoms with Crippen LogP contribution in [0.25, 0.3) is 0 Å². The number of hydrogen-bond acceptors (Lipinski definition) is 3. The van der Waals surface area contributed by atoms with E-state index >= 15 is 0 Å². The highest BCUT2D eigenvalue weighted by Crippen LogP contribution is 2.25. The van der Waals surface area contributed by atoms with Crippen LogP contribution in [0.15, 0.2) is 42.6 Å². The van der Waals surface area contributed by atoms with Gasteiger partial charge in [-0.25, -0.2) is 9.37 Å². The van der Waals surface area contributed by atoms with Gasteiger partial charge in [0.25, 0.3) is 0 Å². The van der Waals surface area contributed by atoms with Gasteiger partial charge in [-0.3, -0.25) is 0 Å². The Hall–Kier alpha value is -1.94. The first-order valence-corrected chi connectivity index (χ1v) is 5.93. The smallest absolute Gasteiger partial charge is 0.146 e. The number of pyridine rings is 1. The summed E-state index contributed by atoms with van der Waals surface area (Å²) in [4.78, 5) is 6.15. The molecule has 0 radical (unpaired) electrons. The highest BCUT2D eigenvalue weighted by molar-refractivity contribution is 5.60. The third-order valence-corrected chi connectivity index (χ3v) is 2.78. The maximum absolute atomic E-state index is 13.8. The van der Waals surface area contributed by atoms with E-state index in [9.17, 15) is 4.39 Å². The van der Waals surface area contributed by atoms with Gasteiger partial charge < -0.3 is 10.6 Å². The molecule has 1 heterocycles. The van der Waals surface area contributed by atoms with Crippen LogP contribution in [0.3, 0.4) is 0 Å². The van der Waals surface area contributed by atoms with Gasteiger partial charge in [0.1, 0.15) is 11.6 Å². The van der Waals surface area contributed by atoms with Gasteiger partial charge in [0.2, 0.25) is 0 Å². The van der Waals surface area contributed by atoms with E-state index in [4.69, 9.17) is 5.73 Å². The first kappa shape index (κ1) is 12.5. The Morgan fingerprint density at radius 1 is 1.22 bits per heavy atom. The van der Waals surface area contributed by atoms with Crippen molar-refractivity contribution in [1.82, 2.24) is 4.98 Å². The molecule has 0 spiro atoms. The van der Waals surface area contributed by atoms with Gasteiger partial charge in [0.05, 0.1) is 5.69 Å². The molecule has 3 nitrogen and oxygen atoms in total. The summed E-state index contributed by atoms with van der Waals surface area (Å²) in [5.74, 6) is 0.476. The number of aromatic nitrogens is 1. The molecule has 0 bridgehead atoms. The summed E-state index contributed by atoms with van der Waals surface area (Å²) in [5.41, 5.74) is 7.03. The Bertz CT molecular complexity index is 511. The molecule has 2 aromatic rings. The fraction of sp³-hybridized carbons (Fsp3) is 0.214. The molecular weight excluding hydrogens is 229 g/mol. The Labute approximate surface area is 106 Å². The van der Waals surface area contributed by atoms with Gasteiger partial charge in [-0.15, -0.1) is 0 Å². The zero-order valence-corrected chi connectivity index (χ0v) is 10.3. The molecule has 2 N–H and O–H groups in total. The minimum Gasteiger partial charge on any atom is -0.326 e. The summed E-state index contributed by atoms with van der Waals surface area (Å²) >= 11 is 0. The first-order chi connectivity index (χ1) is 8.76. The molecule has 18 heavy (non-hydrogen) atoms. The van der Waals surface area contributed by atoms with E-state index in [-0.39, 0.29) is 5.82 Å². The standard InChI is InChI=1S/C14H16FN3/c1-2-18(13-6-4-3-5-12(13)15)14-8-7-11(9-16)10-17-14/h3-8,10H,2,9,16H2,1H3. The lowest BCUT2D eigenvalue weighted by atomic mass is 10.2. The minimum absolute atomic E-state index is 0.246. The number of para-hydroxylation sites is 1. The highest BCUT2D eigenvalue weighted by atomic mass is 19.1. The third-order valence-electron chi connectivity index (χ3n) is 2.78. The molecule has 1 aromatic heterocycles. The average molecular weight is 245 g/mol. The zero-order valence-electron chi connectivity index (χ0n) is 10.3. The molecule has 0 aliphatic heterocycles. The van der Waals surface area contributed by atoms with Gasteiger partial charge in [-0.2, -0.15) is 0 Å². The van der Waals surface area contributed by atoms with Crippen molar-refractivity contribution in [3.8, 4) is 0 Å². The molecule has 1 aromatic carbocycles. The van der Waals surface area contributed by atoms with Crippen LogP contribution in [0, 0.1) is 5.82 Å². The summed E-state index contributed by atoms with van der Waals surface area (Å²) in [5, 5.41) is 0. The van der Waals surface area contributed by atoms with Crippen LogP contribution in [0.4, 0.5) is 15.9 Å². The van der Waals surface area contributed by atoms with Gasteiger partial charge >= 0.3 is 0 Å². The van der Waals surface area contributed by atoms with Gasteiger partial charge in [-0.05, 0) is 30.7 Å². The molecule has 0 fully saturated rings. The zero-order chi connectivity index (χ0) is 13.0. The average Bonchev–Trinajstić information content (AvgIpc) is 2.42. The molecule has 0 aliphatic rings. The highest BCUT2D eigenvalue weighted by Gasteiger charge is 2.12. The molecule has 2 rings (SSSR count). The largest absolute Gasteiger partial charge is 0.326 e. The second-order valence-corrected chi connectivity index (χ2v) is 3.92. The van der Waals surface area contributed by atoms with Crippen molar-refractivity contribution >= 4 is 11.5 Å². The number of benzene rings is 1.